The molecule has 1 saturated carbocycles. The number of nitrogens with one attached hydrogen (secondary N) is 1. The van der Waals surface area contributed by atoms with E-state index in [-0.39, 0.29) is 23.7 Å². The number of amides is 1. The minimum Gasteiger partial charge on any atom is -0.373 e. The highest BCUT2D eigenvalue weighted by molar-refractivity contribution is 5.84. The normalized spacial score (nSPS) is 29.6. The Morgan fingerprint density at radius 3 is 2.50 bits per heavy atom. The van der Waals surface area contributed by atoms with Gasteiger partial charge in [-0.15, -0.1) is 0 Å². The van der Waals surface area contributed by atoms with E-state index in [0.29, 0.717) is 6.42 Å². The minimum absolute atomic E-state index is 0.109. The molecule has 0 heterocycles. The van der Waals surface area contributed by atoms with Crippen molar-refractivity contribution in [3.63, 3.8) is 0 Å². The maximum Gasteiger partial charge on any atom is 0.237 e. The molecule has 0 bridgehead atoms. The number of hydrogen-bond acceptors (Lipinski definition) is 3. The van der Waals surface area contributed by atoms with Crippen molar-refractivity contribution in [3.8, 4) is 0 Å². The van der Waals surface area contributed by atoms with Gasteiger partial charge in [0.05, 0.1) is 11.7 Å². The smallest absolute Gasteiger partial charge is 0.237 e. The number of nitrogens with two attached hydrogens (primary N) is 1. The Hall–Kier alpha value is -0.610. The summed E-state index contributed by atoms with van der Waals surface area (Å²) in [5.74, 6) is -0.251. The third-order valence-electron chi connectivity index (χ3n) is 3.26. The topological polar surface area (TPSA) is 64.3 Å². The van der Waals surface area contributed by atoms with Crippen LogP contribution in [0.3, 0.4) is 0 Å². The van der Waals surface area contributed by atoms with Crippen LogP contribution in [-0.2, 0) is 9.53 Å². The SMILES string of the molecule is CC(C)NC1(C(N)=O)CCCC(OC(C)(C)C)C1. The van der Waals surface area contributed by atoms with E-state index in [0.717, 1.165) is 19.3 Å². The average Bonchev–Trinajstić information content (AvgIpc) is 2.13. The lowest BCUT2D eigenvalue weighted by molar-refractivity contribution is -0.133. The predicted octanol–water partition coefficient (Wildman–Crippen LogP) is 1.97. The predicted molar refractivity (Wildman–Crippen MR) is 73.3 cm³/mol. The molecule has 1 rings (SSSR count). The summed E-state index contributed by atoms with van der Waals surface area (Å²) >= 11 is 0. The fourth-order valence-corrected chi connectivity index (χ4v) is 2.80. The standard InChI is InChI=1S/C14H28N2O2/c1-10(2)16-14(12(15)17)8-6-7-11(9-14)18-13(3,4)5/h10-11,16H,6-9H2,1-5H3,(H2,15,17). The molecule has 2 atom stereocenters. The summed E-state index contributed by atoms with van der Waals surface area (Å²) in [6, 6.07) is 0.242. The van der Waals surface area contributed by atoms with Crippen LogP contribution in [0, 0.1) is 0 Å². The zero-order chi connectivity index (χ0) is 14.0. The summed E-state index contributed by atoms with van der Waals surface area (Å²) in [6.07, 6.45) is 3.58. The fraction of sp³-hybridized carbons (Fsp3) is 0.929. The number of hydrogen-bond donors (Lipinski definition) is 2. The number of primary amides is 1. The van der Waals surface area contributed by atoms with Crippen molar-refractivity contribution in [2.75, 3.05) is 0 Å². The molecular weight excluding hydrogens is 228 g/mol. The zero-order valence-electron chi connectivity index (χ0n) is 12.4. The van der Waals surface area contributed by atoms with E-state index in [2.05, 4.69) is 5.32 Å². The van der Waals surface area contributed by atoms with E-state index in [4.69, 9.17) is 10.5 Å². The van der Waals surface area contributed by atoms with Crippen LogP contribution in [0.2, 0.25) is 0 Å². The lowest BCUT2D eigenvalue weighted by atomic mass is 9.78. The molecular formula is C14H28N2O2. The number of carbonyl (C=O) groups excluding carboxylic acids is 1. The Morgan fingerprint density at radius 2 is 2.06 bits per heavy atom. The third kappa shape index (κ3) is 4.25. The third-order valence-corrected chi connectivity index (χ3v) is 3.26. The van der Waals surface area contributed by atoms with Gasteiger partial charge < -0.3 is 15.8 Å². The monoisotopic (exact) mass is 256 g/mol. The number of carbonyl (C=O) groups is 1. The summed E-state index contributed by atoms with van der Waals surface area (Å²) in [7, 11) is 0. The molecule has 0 aromatic rings. The van der Waals surface area contributed by atoms with Gasteiger partial charge in [0, 0.05) is 12.5 Å². The van der Waals surface area contributed by atoms with Gasteiger partial charge in [0.15, 0.2) is 0 Å². The maximum atomic E-state index is 11.8. The van der Waals surface area contributed by atoms with Gasteiger partial charge >= 0.3 is 0 Å². The van der Waals surface area contributed by atoms with Crippen LogP contribution >= 0.6 is 0 Å². The first-order valence-electron chi connectivity index (χ1n) is 6.90. The highest BCUT2D eigenvalue weighted by Crippen LogP contribution is 2.32. The molecule has 1 fully saturated rings. The van der Waals surface area contributed by atoms with E-state index in [1.54, 1.807) is 0 Å². The Balaban J connectivity index is 2.77. The van der Waals surface area contributed by atoms with Gasteiger partial charge in [-0.1, -0.05) is 0 Å². The number of ether oxygens (including phenoxy) is 1. The quantitative estimate of drug-likeness (QED) is 0.808. The lowest BCUT2D eigenvalue weighted by Gasteiger charge is -2.42. The van der Waals surface area contributed by atoms with E-state index in [9.17, 15) is 4.79 Å². The van der Waals surface area contributed by atoms with E-state index in [1.165, 1.54) is 0 Å². The Morgan fingerprint density at radius 1 is 1.44 bits per heavy atom. The molecule has 0 spiro atoms. The number of rotatable bonds is 4. The summed E-state index contributed by atoms with van der Waals surface area (Å²) in [4.78, 5) is 11.8. The molecule has 2 unspecified atom stereocenters. The van der Waals surface area contributed by atoms with Crippen molar-refractivity contribution >= 4 is 5.91 Å². The van der Waals surface area contributed by atoms with Gasteiger partial charge in [0.1, 0.15) is 5.54 Å². The van der Waals surface area contributed by atoms with Crippen LogP contribution in [0.15, 0.2) is 0 Å². The Labute approximate surface area is 111 Å². The summed E-state index contributed by atoms with van der Waals surface area (Å²) in [5.41, 5.74) is 4.85. The second kappa shape index (κ2) is 5.57. The van der Waals surface area contributed by atoms with Gasteiger partial charge in [-0.25, -0.2) is 0 Å². The van der Waals surface area contributed by atoms with E-state index >= 15 is 0 Å². The first-order valence-corrected chi connectivity index (χ1v) is 6.90. The second-order valence-electron chi connectivity index (χ2n) is 6.69. The fourth-order valence-electron chi connectivity index (χ4n) is 2.80. The first kappa shape index (κ1) is 15.4. The highest BCUT2D eigenvalue weighted by atomic mass is 16.5. The molecule has 0 aromatic heterocycles. The molecule has 1 aliphatic carbocycles. The van der Waals surface area contributed by atoms with Crippen molar-refractivity contribution in [1.29, 1.82) is 0 Å². The first-order chi connectivity index (χ1) is 8.15. The maximum absolute atomic E-state index is 11.8. The van der Waals surface area contributed by atoms with Crippen LogP contribution in [0.4, 0.5) is 0 Å². The summed E-state index contributed by atoms with van der Waals surface area (Å²) in [6.45, 7) is 10.2. The molecule has 4 heteroatoms. The van der Waals surface area contributed by atoms with Crippen molar-refractivity contribution in [2.24, 2.45) is 5.73 Å². The van der Waals surface area contributed by atoms with Crippen molar-refractivity contribution in [3.05, 3.63) is 0 Å². The molecule has 1 amide bonds. The minimum atomic E-state index is -0.595. The molecule has 0 aliphatic heterocycles. The molecule has 1 aliphatic rings. The van der Waals surface area contributed by atoms with Crippen LogP contribution in [0.25, 0.3) is 0 Å². The van der Waals surface area contributed by atoms with Crippen molar-refractivity contribution in [1.82, 2.24) is 5.32 Å². The summed E-state index contributed by atoms with van der Waals surface area (Å²) < 4.78 is 6.02. The van der Waals surface area contributed by atoms with Crippen LogP contribution in [0.5, 0.6) is 0 Å². The van der Waals surface area contributed by atoms with Gasteiger partial charge in [0.2, 0.25) is 5.91 Å². The van der Waals surface area contributed by atoms with Gasteiger partial charge in [0.25, 0.3) is 0 Å². The second-order valence-corrected chi connectivity index (χ2v) is 6.69. The molecule has 0 radical (unpaired) electrons. The summed E-state index contributed by atoms with van der Waals surface area (Å²) in [5, 5.41) is 3.36. The lowest BCUT2D eigenvalue weighted by Crippen LogP contribution is -2.61. The molecule has 3 N–H and O–H groups in total. The van der Waals surface area contributed by atoms with E-state index in [1.807, 2.05) is 34.6 Å². The molecule has 106 valence electrons. The zero-order valence-corrected chi connectivity index (χ0v) is 12.4. The van der Waals surface area contributed by atoms with E-state index < -0.39 is 5.54 Å². The van der Waals surface area contributed by atoms with Crippen LogP contribution in [-0.4, -0.2) is 29.2 Å². The van der Waals surface area contributed by atoms with Crippen LogP contribution in [0.1, 0.15) is 60.3 Å². The molecule has 0 aromatic carbocycles. The largest absolute Gasteiger partial charge is 0.373 e. The Kier molecular flexibility index (Phi) is 4.78. The molecule has 4 nitrogen and oxygen atoms in total. The van der Waals surface area contributed by atoms with Gasteiger partial charge in [-0.2, -0.15) is 0 Å². The van der Waals surface area contributed by atoms with Gasteiger partial charge in [-0.3, -0.25) is 4.79 Å². The van der Waals surface area contributed by atoms with Gasteiger partial charge in [-0.05, 0) is 53.9 Å². The van der Waals surface area contributed by atoms with Crippen LogP contribution < -0.4 is 11.1 Å². The molecule has 0 saturated heterocycles. The average molecular weight is 256 g/mol. The van der Waals surface area contributed by atoms with Crippen molar-refractivity contribution in [2.45, 2.75) is 83.6 Å². The molecule has 18 heavy (non-hydrogen) atoms. The highest BCUT2D eigenvalue weighted by Gasteiger charge is 2.42. The van der Waals surface area contributed by atoms with Crippen molar-refractivity contribution < 1.29 is 9.53 Å². The Bertz CT molecular complexity index is 297.